The van der Waals surface area contributed by atoms with Crippen LogP contribution in [0.5, 0.6) is 0 Å². The molecule has 4 fully saturated rings. The summed E-state index contributed by atoms with van der Waals surface area (Å²) >= 11 is 0. The number of ether oxygens (including phenoxy) is 5. The van der Waals surface area contributed by atoms with E-state index in [4.69, 9.17) is 23.7 Å². The second-order valence-corrected chi connectivity index (χ2v) is 13.4. The summed E-state index contributed by atoms with van der Waals surface area (Å²) in [6, 6.07) is -0.142. The first-order valence-electron chi connectivity index (χ1n) is 14.5. The highest BCUT2D eigenvalue weighted by molar-refractivity contribution is 5.73. The van der Waals surface area contributed by atoms with E-state index < -0.39 is 65.5 Å². The Morgan fingerprint density at radius 2 is 1.55 bits per heavy atom. The number of fused-ring (bicyclic) bond motifs is 2. The van der Waals surface area contributed by atoms with Gasteiger partial charge in [-0.3, -0.25) is 4.79 Å². The van der Waals surface area contributed by atoms with Gasteiger partial charge in [0.15, 0.2) is 12.1 Å². The minimum absolute atomic E-state index is 0.0248. The van der Waals surface area contributed by atoms with Gasteiger partial charge in [-0.25, -0.2) is 0 Å². The second-order valence-electron chi connectivity index (χ2n) is 13.4. The quantitative estimate of drug-likeness (QED) is 0.519. The molecule has 0 saturated carbocycles. The number of rotatable bonds is 4. The van der Waals surface area contributed by atoms with E-state index in [0.717, 1.165) is 0 Å². The number of nitrogens with zero attached hydrogens (tertiary/aromatic N) is 1. The number of aliphatic hydroxyl groups excluding tert-OH is 2. The maximum absolute atomic E-state index is 13.3. The van der Waals surface area contributed by atoms with E-state index in [1.165, 1.54) is 0 Å². The number of hydrogen-bond acceptors (Lipinski definition) is 9. The lowest BCUT2D eigenvalue weighted by atomic mass is 9.78. The molecule has 4 heterocycles. The molecular weight excluding hydrogens is 490 g/mol. The van der Waals surface area contributed by atoms with Crippen LogP contribution < -0.4 is 0 Å². The summed E-state index contributed by atoms with van der Waals surface area (Å²) in [5, 5.41) is 22.8. The predicted molar refractivity (Wildman–Crippen MR) is 141 cm³/mol. The number of esters is 1. The van der Waals surface area contributed by atoms with Gasteiger partial charge in [0, 0.05) is 23.8 Å². The van der Waals surface area contributed by atoms with Gasteiger partial charge in [-0.15, -0.1) is 0 Å². The SMILES string of the molecule is CC[C@H]1OC(=O)[C@H](C)[C@@H](O)C(C)[C@@H](O[C@@H]2O[C@H](C)C[C@H](N(C)C)[C@H]2O)[C@]2(C)C[C@@H](C)C3(O[C@]1(C)CC3C)O2. The van der Waals surface area contributed by atoms with Gasteiger partial charge in [0.25, 0.3) is 0 Å². The van der Waals surface area contributed by atoms with Crippen molar-refractivity contribution in [1.29, 1.82) is 0 Å². The highest BCUT2D eigenvalue weighted by atomic mass is 16.8. The summed E-state index contributed by atoms with van der Waals surface area (Å²) in [7, 11) is 3.87. The van der Waals surface area contributed by atoms with Crippen LogP contribution >= 0.6 is 0 Å². The van der Waals surface area contributed by atoms with E-state index in [9.17, 15) is 15.0 Å². The fourth-order valence-electron chi connectivity index (χ4n) is 7.88. The van der Waals surface area contributed by atoms with Crippen molar-refractivity contribution < 1.29 is 38.7 Å². The van der Waals surface area contributed by atoms with Gasteiger partial charge in [0.1, 0.15) is 17.8 Å². The number of carbonyl (C=O) groups is 1. The highest BCUT2D eigenvalue weighted by Gasteiger charge is 2.67. The Morgan fingerprint density at radius 3 is 2.13 bits per heavy atom. The van der Waals surface area contributed by atoms with Crippen LogP contribution in [0.1, 0.15) is 81.1 Å². The molecule has 9 heteroatoms. The fourth-order valence-corrected chi connectivity index (χ4v) is 7.88. The van der Waals surface area contributed by atoms with Gasteiger partial charge >= 0.3 is 5.97 Å². The summed E-state index contributed by atoms with van der Waals surface area (Å²) in [6.45, 7) is 15.8. The minimum Gasteiger partial charge on any atom is -0.459 e. The third-order valence-corrected chi connectivity index (χ3v) is 9.95. The Bertz CT molecular complexity index is 872. The van der Waals surface area contributed by atoms with E-state index in [1.807, 2.05) is 53.6 Å². The molecule has 3 unspecified atom stereocenters. The molecule has 4 saturated heterocycles. The zero-order chi connectivity index (χ0) is 28.4. The van der Waals surface area contributed by atoms with Gasteiger partial charge in [-0.2, -0.15) is 0 Å². The fraction of sp³-hybridized carbons (Fsp3) is 0.966. The van der Waals surface area contributed by atoms with Gasteiger partial charge in [-0.1, -0.05) is 27.7 Å². The molecule has 4 rings (SSSR count). The average Bonchev–Trinajstić information content (AvgIpc) is 3.25. The van der Waals surface area contributed by atoms with Crippen LogP contribution in [0.2, 0.25) is 0 Å². The number of carbonyl (C=O) groups excluding carboxylic acids is 1. The van der Waals surface area contributed by atoms with Crippen LogP contribution in [0.4, 0.5) is 0 Å². The Morgan fingerprint density at radius 1 is 0.974 bits per heavy atom. The zero-order valence-corrected chi connectivity index (χ0v) is 25.0. The monoisotopic (exact) mass is 541 g/mol. The summed E-state index contributed by atoms with van der Waals surface area (Å²) in [5.41, 5.74) is -1.58. The van der Waals surface area contributed by atoms with Crippen molar-refractivity contribution >= 4 is 5.97 Å². The molecule has 0 aromatic rings. The maximum Gasteiger partial charge on any atom is 0.311 e. The molecule has 14 atom stereocenters. The second kappa shape index (κ2) is 10.5. The number of hydrogen-bond donors (Lipinski definition) is 2. The van der Waals surface area contributed by atoms with Crippen molar-refractivity contribution in [2.45, 2.75) is 141 Å². The molecule has 1 spiro atoms. The molecule has 0 aromatic heterocycles. The Labute approximate surface area is 228 Å². The Kier molecular flexibility index (Phi) is 8.37. The lowest BCUT2D eigenvalue weighted by Gasteiger charge is -2.47. The van der Waals surface area contributed by atoms with Crippen LogP contribution in [-0.4, -0.2) is 95.0 Å². The first kappa shape index (κ1) is 30.2. The topological polar surface area (TPSA) is 107 Å². The summed E-state index contributed by atoms with van der Waals surface area (Å²) in [5.74, 6) is -2.58. The normalized spacial score (nSPS) is 53.9. The van der Waals surface area contributed by atoms with E-state index in [1.54, 1.807) is 6.92 Å². The molecule has 0 radical (unpaired) electrons. The van der Waals surface area contributed by atoms with E-state index in [-0.39, 0.29) is 24.0 Å². The summed E-state index contributed by atoms with van der Waals surface area (Å²) in [6.07, 6.45) is -1.52. The smallest absolute Gasteiger partial charge is 0.311 e. The highest BCUT2D eigenvalue weighted by Crippen LogP contribution is 2.58. The van der Waals surface area contributed by atoms with Crippen molar-refractivity contribution in [2.24, 2.45) is 23.7 Å². The average molecular weight is 542 g/mol. The molecule has 0 aliphatic carbocycles. The van der Waals surface area contributed by atoms with E-state index >= 15 is 0 Å². The predicted octanol–water partition coefficient (Wildman–Crippen LogP) is 3.09. The van der Waals surface area contributed by atoms with Crippen LogP contribution in [0.15, 0.2) is 0 Å². The number of likely N-dealkylation sites (N-methyl/N-ethyl adjacent to an activating group) is 1. The minimum atomic E-state index is -1.05. The number of aliphatic hydroxyl groups is 2. The molecule has 0 aromatic carbocycles. The Balaban J connectivity index is 1.76. The molecule has 3 bridgehead atoms. The van der Waals surface area contributed by atoms with Gasteiger partial charge in [-0.05, 0) is 67.5 Å². The summed E-state index contributed by atoms with van der Waals surface area (Å²) in [4.78, 5) is 15.3. The van der Waals surface area contributed by atoms with E-state index in [2.05, 4.69) is 13.8 Å². The molecule has 4 aliphatic rings. The molecule has 4 aliphatic heterocycles. The first-order chi connectivity index (χ1) is 17.6. The molecule has 220 valence electrons. The lowest BCUT2D eigenvalue weighted by molar-refractivity contribution is -0.337. The van der Waals surface area contributed by atoms with Crippen molar-refractivity contribution in [3.8, 4) is 0 Å². The third kappa shape index (κ3) is 4.95. The van der Waals surface area contributed by atoms with Crippen molar-refractivity contribution in [3.05, 3.63) is 0 Å². The van der Waals surface area contributed by atoms with Gasteiger partial charge < -0.3 is 38.8 Å². The van der Waals surface area contributed by atoms with Crippen molar-refractivity contribution in [3.63, 3.8) is 0 Å². The van der Waals surface area contributed by atoms with Crippen molar-refractivity contribution in [1.82, 2.24) is 4.90 Å². The van der Waals surface area contributed by atoms with Gasteiger partial charge in [0.2, 0.25) is 0 Å². The third-order valence-electron chi connectivity index (χ3n) is 9.95. The molecule has 2 N–H and O–H groups in total. The van der Waals surface area contributed by atoms with Crippen LogP contribution in [0.25, 0.3) is 0 Å². The largest absolute Gasteiger partial charge is 0.459 e. The van der Waals surface area contributed by atoms with E-state index in [0.29, 0.717) is 25.7 Å². The zero-order valence-electron chi connectivity index (χ0n) is 25.0. The molecular formula is C29H51NO8. The first-order valence-corrected chi connectivity index (χ1v) is 14.5. The number of cyclic esters (lactones) is 1. The molecule has 9 nitrogen and oxygen atoms in total. The van der Waals surface area contributed by atoms with Crippen molar-refractivity contribution in [2.75, 3.05) is 14.1 Å². The van der Waals surface area contributed by atoms with Crippen LogP contribution in [0.3, 0.4) is 0 Å². The van der Waals surface area contributed by atoms with Gasteiger partial charge in [0.05, 0.1) is 29.8 Å². The van der Waals surface area contributed by atoms with Crippen LogP contribution in [-0.2, 0) is 28.5 Å². The summed E-state index contributed by atoms with van der Waals surface area (Å²) < 4.78 is 32.7. The maximum atomic E-state index is 13.3. The Hall–Kier alpha value is -0.810. The van der Waals surface area contributed by atoms with Crippen LogP contribution in [0, 0.1) is 23.7 Å². The standard InChI is InChI=1S/C29H51NO8/c1-11-21-27(7)13-15(2)29(37-27)16(3)14-28(8,38-29)24(18(5)22(31)19(6)25(33)35-21)36-26-23(32)20(30(9)10)12-17(4)34-26/h15-24,26,31-32H,11-14H2,1-10H3/t15?,16-,17-,18?,19-,20+,21-,22+,23-,24-,26+,27-,28+,29?/m1/s1. The lowest BCUT2D eigenvalue weighted by Crippen LogP contribution is -2.59. The molecule has 0 amide bonds. The molecule has 38 heavy (non-hydrogen) atoms.